The second-order valence-electron chi connectivity index (χ2n) is 6.65. The Kier molecular flexibility index (Phi) is 5.65. The third kappa shape index (κ3) is 4.05. The van der Waals surface area contributed by atoms with E-state index in [-0.39, 0.29) is 17.7 Å². The minimum Gasteiger partial charge on any atom is -0.507 e. The fourth-order valence-corrected chi connectivity index (χ4v) is 4.70. The number of hydrogen-bond acceptors (Lipinski definition) is 5. The summed E-state index contributed by atoms with van der Waals surface area (Å²) in [5.74, 6) is -0.742. The van der Waals surface area contributed by atoms with Crippen LogP contribution in [0, 0.1) is 0 Å². The molecular formula is C22H16Cl2O4S. The summed E-state index contributed by atoms with van der Waals surface area (Å²) in [7, 11) is 0. The van der Waals surface area contributed by atoms with Crippen LogP contribution >= 0.6 is 34.5 Å². The van der Waals surface area contributed by atoms with Gasteiger partial charge in [0.05, 0.1) is 21.4 Å². The average Bonchev–Trinajstić information content (AvgIpc) is 3.13. The van der Waals surface area contributed by atoms with E-state index in [1.807, 2.05) is 0 Å². The van der Waals surface area contributed by atoms with E-state index >= 15 is 0 Å². The molecule has 0 radical (unpaired) electrons. The lowest BCUT2D eigenvalue weighted by Gasteiger charge is -2.20. The third-order valence-electron chi connectivity index (χ3n) is 4.82. The van der Waals surface area contributed by atoms with Crippen LogP contribution in [0.1, 0.15) is 34.4 Å². The van der Waals surface area contributed by atoms with Gasteiger partial charge in [-0.15, -0.1) is 11.3 Å². The van der Waals surface area contributed by atoms with Gasteiger partial charge in [0.1, 0.15) is 11.3 Å². The maximum absolute atomic E-state index is 12.8. The van der Waals surface area contributed by atoms with E-state index in [1.54, 1.807) is 60.7 Å². The molecule has 0 bridgehead atoms. The van der Waals surface area contributed by atoms with Gasteiger partial charge >= 0.3 is 5.63 Å². The number of benzene rings is 2. The highest BCUT2D eigenvalue weighted by Gasteiger charge is 2.28. The number of aromatic hydroxyl groups is 1. The molecular weight excluding hydrogens is 431 g/mol. The summed E-state index contributed by atoms with van der Waals surface area (Å²) in [4.78, 5) is 13.5. The molecule has 0 aliphatic rings. The van der Waals surface area contributed by atoms with Crippen LogP contribution in [-0.4, -0.2) is 10.2 Å². The normalized spacial score (nSPS) is 13.5. The molecule has 4 nitrogen and oxygen atoms in total. The van der Waals surface area contributed by atoms with Gasteiger partial charge in [0, 0.05) is 15.8 Å². The molecule has 2 aromatic heterocycles. The molecule has 0 aliphatic heterocycles. The molecule has 0 aliphatic carbocycles. The molecule has 0 unspecified atom stereocenters. The van der Waals surface area contributed by atoms with Crippen LogP contribution < -0.4 is 5.63 Å². The summed E-state index contributed by atoms with van der Waals surface area (Å²) >= 11 is 13.3. The predicted molar refractivity (Wildman–Crippen MR) is 116 cm³/mol. The van der Waals surface area contributed by atoms with Gasteiger partial charge in [0.25, 0.3) is 0 Å². The van der Waals surface area contributed by atoms with E-state index in [4.69, 9.17) is 27.6 Å². The maximum Gasteiger partial charge on any atom is 0.343 e. The Balaban J connectivity index is 1.82. The second-order valence-corrected chi connectivity index (χ2v) is 8.83. The average molecular weight is 447 g/mol. The van der Waals surface area contributed by atoms with Crippen LogP contribution in [0.2, 0.25) is 9.36 Å². The van der Waals surface area contributed by atoms with Crippen molar-refractivity contribution in [2.75, 3.05) is 0 Å². The lowest BCUT2D eigenvalue weighted by atomic mass is 9.89. The van der Waals surface area contributed by atoms with Crippen LogP contribution in [0.4, 0.5) is 0 Å². The third-order valence-corrected chi connectivity index (χ3v) is 6.42. The van der Waals surface area contributed by atoms with E-state index in [9.17, 15) is 15.0 Å². The molecule has 2 aromatic carbocycles. The lowest BCUT2D eigenvalue weighted by Crippen LogP contribution is -2.16. The predicted octanol–water partition coefficient (Wildman–Crippen LogP) is 6.12. The summed E-state index contributed by atoms with van der Waals surface area (Å²) in [6.45, 7) is 0. The summed E-state index contributed by atoms with van der Waals surface area (Å²) in [6, 6.07) is 17.2. The Hall–Kier alpha value is -2.31. The second kappa shape index (κ2) is 8.20. The molecule has 2 atom stereocenters. The summed E-state index contributed by atoms with van der Waals surface area (Å²) in [5, 5.41) is 22.7. The van der Waals surface area contributed by atoms with E-state index < -0.39 is 17.6 Å². The van der Waals surface area contributed by atoms with E-state index in [2.05, 4.69) is 0 Å². The van der Waals surface area contributed by atoms with E-state index in [0.29, 0.717) is 25.9 Å². The van der Waals surface area contributed by atoms with Gasteiger partial charge in [0.15, 0.2) is 0 Å². The highest BCUT2D eigenvalue weighted by Crippen LogP contribution is 2.42. The van der Waals surface area contributed by atoms with Crippen molar-refractivity contribution >= 4 is 45.5 Å². The molecule has 29 heavy (non-hydrogen) atoms. The SMILES string of the molecule is O=c1oc2ccccc2c(O)c1[C@@H](C[C@H](O)c1ccc(Cl)cc1)c1ccc(Cl)s1. The van der Waals surface area contributed by atoms with Crippen molar-refractivity contribution in [3.8, 4) is 5.75 Å². The highest BCUT2D eigenvalue weighted by molar-refractivity contribution is 7.16. The molecule has 0 amide bonds. The largest absolute Gasteiger partial charge is 0.507 e. The highest BCUT2D eigenvalue weighted by atomic mass is 35.5. The summed E-state index contributed by atoms with van der Waals surface area (Å²) in [6.07, 6.45) is -0.724. The topological polar surface area (TPSA) is 70.7 Å². The Morgan fingerprint density at radius 3 is 2.41 bits per heavy atom. The number of aliphatic hydroxyl groups excluding tert-OH is 1. The molecule has 2 N–H and O–H groups in total. The van der Waals surface area contributed by atoms with E-state index in [1.165, 1.54) is 11.3 Å². The van der Waals surface area contributed by atoms with Gasteiger partial charge in [0.2, 0.25) is 0 Å². The molecule has 148 valence electrons. The van der Waals surface area contributed by atoms with Gasteiger partial charge in [-0.25, -0.2) is 4.79 Å². The minimum absolute atomic E-state index is 0.107. The monoisotopic (exact) mass is 446 g/mol. The van der Waals surface area contributed by atoms with E-state index in [0.717, 1.165) is 4.88 Å². The molecule has 0 saturated heterocycles. The van der Waals surface area contributed by atoms with Crippen molar-refractivity contribution < 1.29 is 14.6 Å². The standard InChI is InChI=1S/C22H16Cl2O4S/c23-13-7-5-12(6-8-13)16(25)11-15(18-9-10-19(24)29-18)20-21(26)14-3-1-2-4-17(14)28-22(20)27/h1-10,15-16,25-26H,11H2/t15-,16-/m0/s1. The van der Waals surface area contributed by atoms with Crippen molar-refractivity contribution in [2.45, 2.75) is 18.4 Å². The van der Waals surface area contributed by atoms with Crippen molar-refractivity contribution in [1.29, 1.82) is 0 Å². The quantitative estimate of drug-likeness (QED) is 0.362. The molecule has 0 spiro atoms. The number of halogens is 2. The fraction of sp³-hybridized carbons (Fsp3) is 0.136. The maximum atomic E-state index is 12.8. The minimum atomic E-state index is -0.886. The zero-order valence-electron chi connectivity index (χ0n) is 15.0. The zero-order chi connectivity index (χ0) is 20.5. The van der Waals surface area contributed by atoms with Crippen molar-refractivity contribution in [3.63, 3.8) is 0 Å². The molecule has 2 heterocycles. The molecule has 4 rings (SSSR count). The fourth-order valence-electron chi connectivity index (χ4n) is 3.39. The first-order chi connectivity index (χ1) is 13.9. The first kappa shape index (κ1) is 20.0. The Labute approximate surface area is 180 Å². The van der Waals surface area contributed by atoms with Crippen molar-refractivity contribution in [3.05, 3.63) is 96.4 Å². The molecule has 7 heteroatoms. The van der Waals surface area contributed by atoms with Crippen LogP contribution in [-0.2, 0) is 0 Å². The molecule has 0 saturated carbocycles. The summed E-state index contributed by atoms with van der Waals surface area (Å²) < 4.78 is 5.99. The number of aliphatic hydroxyl groups is 1. The summed E-state index contributed by atoms with van der Waals surface area (Å²) in [5.41, 5.74) is 0.431. The van der Waals surface area contributed by atoms with Gasteiger partial charge in [-0.3, -0.25) is 0 Å². The van der Waals surface area contributed by atoms with Crippen LogP contribution in [0.5, 0.6) is 5.75 Å². The molecule has 4 aromatic rings. The Morgan fingerprint density at radius 1 is 1.00 bits per heavy atom. The first-order valence-corrected chi connectivity index (χ1v) is 10.4. The van der Waals surface area contributed by atoms with Crippen LogP contribution in [0.3, 0.4) is 0 Å². The lowest BCUT2D eigenvalue weighted by molar-refractivity contribution is 0.161. The van der Waals surface area contributed by atoms with Gasteiger partial charge in [-0.2, -0.15) is 0 Å². The van der Waals surface area contributed by atoms with Crippen LogP contribution in [0.25, 0.3) is 11.0 Å². The van der Waals surface area contributed by atoms with Gasteiger partial charge in [-0.1, -0.05) is 47.5 Å². The number of fused-ring (bicyclic) bond motifs is 1. The number of hydrogen-bond donors (Lipinski definition) is 2. The zero-order valence-corrected chi connectivity index (χ0v) is 17.3. The van der Waals surface area contributed by atoms with Crippen molar-refractivity contribution in [1.82, 2.24) is 0 Å². The number of rotatable bonds is 5. The Bertz CT molecular complexity index is 1210. The molecule has 0 fully saturated rings. The smallest absolute Gasteiger partial charge is 0.343 e. The van der Waals surface area contributed by atoms with Crippen LogP contribution in [0.15, 0.2) is 69.9 Å². The van der Waals surface area contributed by atoms with Gasteiger partial charge < -0.3 is 14.6 Å². The number of thiophene rings is 1. The first-order valence-electron chi connectivity index (χ1n) is 8.87. The Morgan fingerprint density at radius 2 is 1.72 bits per heavy atom. The number of para-hydroxylation sites is 1. The van der Waals surface area contributed by atoms with Crippen molar-refractivity contribution in [2.24, 2.45) is 0 Å². The van der Waals surface area contributed by atoms with Gasteiger partial charge in [-0.05, 0) is 48.4 Å².